The summed E-state index contributed by atoms with van der Waals surface area (Å²) >= 11 is 0. The van der Waals surface area contributed by atoms with E-state index in [2.05, 4.69) is 23.1 Å². The lowest BCUT2D eigenvalue weighted by Crippen LogP contribution is -2.37. The summed E-state index contributed by atoms with van der Waals surface area (Å²) in [6.07, 6.45) is 12.0. The first-order valence-electron chi connectivity index (χ1n) is 6.16. The molecule has 2 heteroatoms. The number of likely N-dealkylation sites (tertiary alicyclic amines) is 1. The summed E-state index contributed by atoms with van der Waals surface area (Å²) in [7, 11) is 0. The molecule has 2 aliphatic rings. The van der Waals surface area contributed by atoms with E-state index in [1.807, 2.05) is 0 Å². The molecule has 0 aromatic rings. The van der Waals surface area contributed by atoms with Crippen molar-refractivity contribution in [1.29, 1.82) is 0 Å². The van der Waals surface area contributed by atoms with E-state index >= 15 is 0 Å². The Hall–Kier alpha value is -0.600. The van der Waals surface area contributed by atoms with Gasteiger partial charge in [-0.25, -0.2) is 0 Å². The number of rotatable bonds is 3. The maximum absolute atomic E-state index is 5.69. The normalized spacial score (nSPS) is 24.2. The van der Waals surface area contributed by atoms with Crippen LogP contribution in [-0.2, 0) is 0 Å². The zero-order valence-electron chi connectivity index (χ0n) is 9.49. The average molecular weight is 206 g/mol. The molecule has 0 unspecified atom stereocenters. The van der Waals surface area contributed by atoms with Crippen molar-refractivity contribution < 1.29 is 0 Å². The van der Waals surface area contributed by atoms with Gasteiger partial charge in [0.05, 0.1) is 0 Å². The minimum Gasteiger partial charge on any atom is -0.330 e. The van der Waals surface area contributed by atoms with Crippen LogP contribution in [0, 0.1) is 5.92 Å². The fourth-order valence-corrected chi connectivity index (χ4v) is 2.42. The summed E-state index contributed by atoms with van der Waals surface area (Å²) < 4.78 is 0. The van der Waals surface area contributed by atoms with Crippen LogP contribution >= 0.6 is 0 Å². The molecule has 1 heterocycles. The Kier molecular flexibility index (Phi) is 3.98. The number of nitrogens with zero attached hydrogens (tertiary/aromatic N) is 1. The Bertz CT molecular complexity index is 247. The van der Waals surface area contributed by atoms with Crippen LogP contribution in [-0.4, -0.2) is 31.1 Å². The first-order valence-corrected chi connectivity index (χ1v) is 6.16. The third-order valence-corrected chi connectivity index (χ3v) is 3.52. The fourth-order valence-electron chi connectivity index (χ4n) is 2.42. The highest BCUT2D eigenvalue weighted by atomic mass is 15.1. The van der Waals surface area contributed by atoms with Crippen LogP contribution in [0.4, 0.5) is 0 Å². The molecule has 1 saturated heterocycles. The van der Waals surface area contributed by atoms with Gasteiger partial charge in [0.1, 0.15) is 0 Å². The van der Waals surface area contributed by atoms with Crippen molar-refractivity contribution in [3.63, 3.8) is 0 Å². The molecule has 1 aliphatic heterocycles. The Balaban J connectivity index is 1.76. The SMILES string of the molecule is NCC1CCN(CC2=CCCC=C2)CC1. The van der Waals surface area contributed by atoms with Crippen molar-refractivity contribution in [2.24, 2.45) is 11.7 Å². The molecule has 0 bridgehead atoms. The van der Waals surface area contributed by atoms with Gasteiger partial charge in [-0.2, -0.15) is 0 Å². The maximum atomic E-state index is 5.69. The molecule has 15 heavy (non-hydrogen) atoms. The second-order valence-electron chi connectivity index (χ2n) is 4.71. The third kappa shape index (κ3) is 3.18. The standard InChI is InChI=1S/C13H22N2/c14-10-12-6-8-15(9-7-12)11-13-4-2-1-3-5-13/h2,4-5,12H,1,3,6-11,14H2. The molecule has 84 valence electrons. The molecule has 0 atom stereocenters. The molecule has 0 aromatic heterocycles. The van der Waals surface area contributed by atoms with Crippen molar-refractivity contribution in [1.82, 2.24) is 4.90 Å². The van der Waals surface area contributed by atoms with E-state index < -0.39 is 0 Å². The number of piperidine rings is 1. The van der Waals surface area contributed by atoms with Gasteiger partial charge in [0.15, 0.2) is 0 Å². The summed E-state index contributed by atoms with van der Waals surface area (Å²) in [6.45, 7) is 4.48. The van der Waals surface area contributed by atoms with Crippen LogP contribution in [0.15, 0.2) is 23.8 Å². The van der Waals surface area contributed by atoms with Gasteiger partial charge >= 0.3 is 0 Å². The van der Waals surface area contributed by atoms with Gasteiger partial charge in [0, 0.05) is 6.54 Å². The van der Waals surface area contributed by atoms with Gasteiger partial charge in [-0.3, -0.25) is 4.90 Å². The topological polar surface area (TPSA) is 29.3 Å². The average Bonchev–Trinajstić information content (AvgIpc) is 2.31. The summed E-state index contributed by atoms with van der Waals surface area (Å²) in [5.74, 6) is 0.775. The Morgan fingerprint density at radius 1 is 1.27 bits per heavy atom. The number of nitrogens with two attached hydrogens (primary N) is 1. The highest BCUT2D eigenvalue weighted by molar-refractivity contribution is 5.23. The predicted octanol–water partition coefficient (Wildman–Crippen LogP) is 1.93. The second kappa shape index (κ2) is 5.47. The van der Waals surface area contributed by atoms with Crippen molar-refractivity contribution >= 4 is 0 Å². The maximum Gasteiger partial charge on any atom is 0.0230 e. The highest BCUT2D eigenvalue weighted by Crippen LogP contribution is 2.18. The number of allylic oxidation sites excluding steroid dienone is 2. The van der Waals surface area contributed by atoms with E-state index in [-0.39, 0.29) is 0 Å². The molecule has 2 nitrogen and oxygen atoms in total. The minimum atomic E-state index is 0.775. The van der Waals surface area contributed by atoms with Crippen LogP contribution < -0.4 is 5.73 Å². The van der Waals surface area contributed by atoms with Crippen LogP contribution in [0.3, 0.4) is 0 Å². The van der Waals surface area contributed by atoms with Gasteiger partial charge < -0.3 is 5.73 Å². The van der Waals surface area contributed by atoms with Crippen molar-refractivity contribution in [3.8, 4) is 0 Å². The van der Waals surface area contributed by atoms with Crippen molar-refractivity contribution in [2.45, 2.75) is 25.7 Å². The predicted molar refractivity (Wildman–Crippen MR) is 64.7 cm³/mol. The molecule has 0 amide bonds. The first kappa shape index (κ1) is 10.9. The van der Waals surface area contributed by atoms with Gasteiger partial charge in [-0.05, 0) is 56.8 Å². The summed E-state index contributed by atoms with van der Waals surface area (Å²) in [5, 5.41) is 0. The van der Waals surface area contributed by atoms with E-state index in [0.717, 1.165) is 19.0 Å². The molecule has 0 spiro atoms. The minimum absolute atomic E-state index is 0.775. The first-order chi connectivity index (χ1) is 7.38. The van der Waals surface area contributed by atoms with E-state index in [1.165, 1.54) is 44.3 Å². The number of hydrogen-bond donors (Lipinski definition) is 1. The largest absolute Gasteiger partial charge is 0.330 e. The van der Waals surface area contributed by atoms with Gasteiger partial charge in [-0.15, -0.1) is 0 Å². The molecular formula is C13H22N2. The molecular weight excluding hydrogens is 184 g/mol. The Morgan fingerprint density at radius 2 is 2.07 bits per heavy atom. The Morgan fingerprint density at radius 3 is 2.67 bits per heavy atom. The summed E-state index contributed by atoms with van der Waals surface area (Å²) in [5.41, 5.74) is 7.20. The fraction of sp³-hybridized carbons (Fsp3) is 0.692. The molecule has 1 fully saturated rings. The summed E-state index contributed by atoms with van der Waals surface area (Å²) in [6, 6.07) is 0. The second-order valence-corrected chi connectivity index (χ2v) is 4.71. The lowest BCUT2D eigenvalue weighted by Gasteiger charge is -2.31. The van der Waals surface area contributed by atoms with Crippen LogP contribution in [0.25, 0.3) is 0 Å². The Labute approximate surface area is 92.8 Å². The van der Waals surface area contributed by atoms with Crippen LogP contribution in [0.1, 0.15) is 25.7 Å². The molecule has 0 aromatic carbocycles. The quantitative estimate of drug-likeness (QED) is 0.764. The number of hydrogen-bond acceptors (Lipinski definition) is 2. The van der Waals surface area contributed by atoms with Gasteiger partial charge in [-0.1, -0.05) is 18.2 Å². The van der Waals surface area contributed by atoms with E-state index in [1.54, 1.807) is 0 Å². The lowest BCUT2D eigenvalue weighted by molar-refractivity contribution is 0.201. The monoisotopic (exact) mass is 206 g/mol. The van der Waals surface area contributed by atoms with E-state index in [9.17, 15) is 0 Å². The molecule has 1 aliphatic carbocycles. The van der Waals surface area contributed by atoms with Crippen molar-refractivity contribution in [2.75, 3.05) is 26.2 Å². The highest BCUT2D eigenvalue weighted by Gasteiger charge is 2.18. The van der Waals surface area contributed by atoms with E-state index in [4.69, 9.17) is 5.73 Å². The third-order valence-electron chi connectivity index (χ3n) is 3.52. The van der Waals surface area contributed by atoms with Crippen LogP contribution in [0.2, 0.25) is 0 Å². The molecule has 2 N–H and O–H groups in total. The van der Waals surface area contributed by atoms with Crippen LogP contribution in [0.5, 0.6) is 0 Å². The summed E-state index contributed by atoms with van der Waals surface area (Å²) in [4.78, 5) is 2.56. The smallest absolute Gasteiger partial charge is 0.0230 e. The van der Waals surface area contributed by atoms with E-state index in [0.29, 0.717) is 0 Å². The van der Waals surface area contributed by atoms with Crippen molar-refractivity contribution in [3.05, 3.63) is 23.8 Å². The molecule has 0 radical (unpaired) electrons. The van der Waals surface area contributed by atoms with Gasteiger partial charge in [0.25, 0.3) is 0 Å². The molecule has 0 saturated carbocycles. The lowest BCUT2D eigenvalue weighted by atomic mass is 9.96. The zero-order chi connectivity index (χ0) is 10.5. The van der Waals surface area contributed by atoms with Gasteiger partial charge in [0.2, 0.25) is 0 Å². The zero-order valence-corrected chi connectivity index (χ0v) is 9.49. The molecule has 2 rings (SSSR count).